The number of aromatic nitrogens is 2. The average Bonchev–Trinajstić information content (AvgIpc) is 3.15. The van der Waals surface area contributed by atoms with Crippen LogP contribution in [0.4, 0.5) is 10.2 Å². The molecule has 2 aliphatic rings. The summed E-state index contributed by atoms with van der Waals surface area (Å²) < 4.78 is 21.6. The largest absolute Gasteiger partial charge is 0.442 e. The average molecular weight is 520 g/mol. The molecule has 1 saturated heterocycles. The molecule has 6 nitrogen and oxygen atoms in total. The molecule has 1 atom stereocenters. The molecular formula is C22H22FIN4O2. The van der Waals surface area contributed by atoms with Crippen LogP contribution in [0.25, 0.3) is 11.1 Å². The summed E-state index contributed by atoms with van der Waals surface area (Å²) >= 11 is 2.28. The highest BCUT2D eigenvalue weighted by atomic mass is 127. The van der Waals surface area contributed by atoms with E-state index in [1.165, 1.54) is 12.4 Å². The number of anilines is 1. The second kappa shape index (κ2) is 7.18. The van der Waals surface area contributed by atoms with E-state index in [-0.39, 0.29) is 23.2 Å². The van der Waals surface area contributed by atoms with Crippen LogP contribution in [0, 0.1) is 12.7 Å². The first-order chi connectivity index (χ1) is 14.4. The van der Waals surface area contributed by atoms with E-state index in [0.717, 1.165) is 30.6 Å². The highest BCUT2D eigenvalue weighted by molar-refractivity contribution is 14.1. The number of amides is 1. The topological polar surface area (TPSA) is 62.5 Å². The van der Waals surface area contributed by atoms with Crippen LogP contribution in [-0.2, 0) is 0 Å². The highest BCUT2D eigenvalue weighted by Crippen LogP contribution is 2.47. The van der Waals surface area contributed by atoms with E-state index in [1.807, 2.05) is 11.0 Å². The van der Waals surface area contributed by atoms with E-state index in [9.17, 15) is 9.18 Å². The van der Waals surface area contributed by atoms with Crippen LogP contribution in [0.3, 0.4) is 0 Å². The Hall–Kier alpha value is -2.23. The Morgan fingerprint density at radius 1 is 1.37 bits per heavy atom. The maximum absolute atomic E-state index is 13.6. The van der Waals surface area contributed by atoms with Gasteiger partial charge in [-0.3, -0.25) is 7.91 Å². The van der Waals surface area contributed by atoms with Gasteiger partial charge in [0.05, 0.1) is 33.8 Å². The van der Waals surface area contributed by atoms with Gasteiger partial charge in [0.25, 0.3) is 5.91 Å². The van der Waals surface area contributed by atoms with Gasteiger partial charge < -0.3 is 9.32 Å². The maximum Gasteiger partial charge on any atom is 0.258 e. The van der Waals surface area contributed by atoms with Crippen molar-refractivity contribution in [1.82, 2.24) is 14.9 Å². The van der Waals surface area contributed by atoms with Crippen molar-refractivity contribution in [2.75, 3.05) is 16.2 Å². The summed E-state index contributed by atoms with van der Waals surface area (Å²) in [6, 6.07) is 6.66. The van der Waals surface area contributed by atoms with E-state index in [2.05, 4.69) is 42.9 Å². The molecule has 156 valence electrons. The number of likely N-dealkylation sites (tertiary alicyclic amines) is 1. The molecular weight excluding hydrogens is 498 g/mol. The minimum atomic E-state index is -0.244. The summed E-state index contributed by atoms with van der Waals surface area (Å²) in [5, 5.41) is 0.678. The number of rotatable bonds is 4. The summed E-state index contributed by atoms with van der Waals surface area (Å²) in [5.41, 5.74) is 1.95. The number of halogens is 2. The van der Waals surface area contributed by atoms with Crippen molar-refractivity contribution >= 4 is 45.7 Å². The number of fused-ring (bicyclic) bond motifs is 1. The summed E-state index contributed by atoms with van der Waals surface area (Å²) in [6.45, 7) is 5.17. The van der Waals surface area contributed by atoms with Crippen molar-refractivity contribution in [3.05, 3.63) is 53.3 Å². The van der Waals surface area contributed by atoms with Crippen LogP contribution in [0.5, 0.6) is 0 Å². The lowest BCUT2D eigenvalue weighted by molar-refractivity contribution is 0.0790. The number of carbonyl (C=O) groups is 1. The second-order valence-corrected chi connectivity index (χ2v) is 9.45. The molecule has 8 heteroatoms. The van der Waals surface area contributed by atoms with Crippen molar-refractivity contribution < 1.29 is 13.6 Å². The standard InChI is InChI=1S/C22H22FIN4O2/c1-13-17(18-19(25-12-26-20(18)30-13)28(24)22(2)7-8-22)21(29)27-9-6-15(11-27)14-4-3-5-16(23)10-14/h3-5,10,12,15H,6-9,11H2,1-2H3. The molecule has 0 spiro atoms. The number of hydrogen-bond donors (Lipinski definition) is 0. The third-order valence-corrected chi connectivity index (χ3v) is 7.91. The Morgan fingerprint density at radius 3 is 2.90 bits per heavy atom. The van der Waals surface area contributed by atoms with E-state index >= 15 is 0 Å². The smallest absolute Gasteiger partial charge is 0.258 e. The minimum Gasteiger partial charge on any atom is -0.442 e. The quantitative estimate of drug-likeness (QED) is 0.358. The second-order valence-electron chi connectivity index (χ2n) is 8.48. The highest BCUT2D eigenvalue weighted by Gasteiger charge is 2.45. The summed E-state index contributed by atoms with van der Waals surface area (Å²) in [6.07, 6.45) is 4.47. The summed E-state index contributed by atoms with van der Waals surface area (Å²) in [5.74, 6) is 1.09. The fourth-order valence-corrected chi connectivity index (χ4v) is 5.05. The number of hydrogen-bond acceptors (Lipinski definition) is 5. The lowest BCUT2D eigenvalue weighted by Gasteiger charge is -2.24. The Bertz CT molecular complexity index is 1140. The molecule has 2 aromatic heterocycles. The van der Waals surface area contributed by atoms with Crippen molar-refractivity contribution in [3.8, 4) is 0 Å². The van der Waals surface area contributed by atoms with Crippen LogP contribution < -0.4 is 3.11 Å². The molecule has 30 heavy (non-hydrogen) atoms. The maximum atomic E-state index is 13.6. The molecule has 2 fully saturated rings. The van der Waals surface area contributed by atoms with Gasteiger partial charge >= 0.3 is 0 Å². The molecule has 1 aliphatic carbocycles. The molecule has 1 saturated carbocycles. The zero-order valence-corrected chi connectivity index (χ0v) is 19.0. The first kappa shape index (κ1) is 19.7. The van der Waals surface area contributed by atoms with Gasteiger partial charge in [0, 0.05) is 24.5 Å². The SMILES string of the molecule is Cc1oc2ncnc(N(I)C3(C)CC3)c2c1C(=O)N1CCC(c2cccc(F)c2)C1. The van der Waals surface area contributed by atoms with Gasteiger partial charge in [-0.2, -0.15) is 0 Å². The van der Waals surface area contributed by atoms with Crippen LogP contribution in [0.15, 0.2) is 35.0 Å². The van der Waals surface area contributed by atoms with Gasteiger partial charge in [-0.15, -0.1) is 0 Å². The van der Waals surface area contributed by atoms with Crippen LogP contribution in [-0.4, -0.2) is 39.4 Å². The first-order valence-electron chi connectivity index (χ1n) is 10.1. The van der Waals surface area contributed by atoms with E-state index in [1.54, 1.807) is 19.1 Å². The van der Waals surface area contributed by atoms with Gasteiger partial charge in [-0.05, 0) is 50.8 Å². The molecule has 1 aromatic carbocycles. The predicted molar refractivity (Wildman–Crippen MR) is 120 cm³/mol. The van der Waals surface area contributed by atoms with Gasteiger partial charge in [0.2, 0.25) is 5.71 Å². The predicted octanol–water partition coefficient (Wildman–Crippen LogP) is 5.01. The summed E-state index contributed by atoms with van der Waals surface area (Å²) in [4.78, 5) is 24.1. The van der Waals surface area contributed by atoms with Gasteiger partial charge in [-0.25, -0.2) is 14.4 Å². The number of furan rings is 1. The van der Waals surface area contributed by atoms with E-state index in [0.29, 0.717) is 35.5 Å². The van der Waals surface area contributed by atoms with Crippen LogP contribution in [0.1, 0.15) is 53.8 Å². The number of aryl methyl sites for hydroxylation is 1. The summed E-state index contributed by atoms with van der Waals surface area (Å²) in [7, 11) is 0. The lowest BCUT2D eigenvalue weighted by atomic mass is 9.98. The fraction of sp³-hybridized carbons (Fsp3) is 0.409. The zero-order valence-electron chi connectivity index (χ0n) is 16.9. The fourth-order valence-electron chi connectivity index (χ4n) is 4.20. The Balaban J connectivity index is 1.49. The van der Waals surface area contributed by atoms with E-state index < -0.39 is 0 Å². The molecule has 5 rings (SSSR count). The van der Waals surface area contributed by atoms with E-state index in [4.69, 9.17) is 4.42 Å². The Labute approximate surface area is 188 Å². The third-order valence-electron chi connectivity index (χ3n) is 6.29. The Morgan fingerprint density at radius 2 is 2.17 bits per heavy atom. The molecule has 0 radical (unpaired) electrons. The zero-order chi connectivity index (χ0) is 21.0. The van der Waals surface area contributed by atoms with Gasteiger partial charge in [0.15, 0.2) is 5.82 Å². The van der Waals surface area contributed by atoms with Crippen LogP contribution >= 0.6 is 22.9 Å². The number of carbonyl (C=O) groups excluding carboxylic acids is 1. The van der Waals surface area contributed by atoms with Crippen LogP contribution in [0.2, 0.25) is 0 Å². The number of nitrogens with zero attached hydrogens (tertiary/aromatic N) is 4. The third kappa shape index (κ3) is 3.25. The van der Waals surface area contributed by atoms with Gasteiger partial charge in [0.1, 0.15) is 17.9 Å². The molecule has 0 N–H and O–H groups in total. The Kier molecular flexibility index (Phi) is 4.72. The molecule has 3 heterocycles. The molecule has 1 aliphatic heterocycles. The van der Waals surface area contributed by atoms with Crippen molar-refractivity contribution in [1.29, 1.82) is 0 Å². The molecule has 0 bridgehead atoms. The van der Waals surface area contributed by atoms with Crippen molar-refractivity contribution in [3.63, 3.8) is 0 Å². The molecule has 1 unspecified atom stereocenters. The monoisotopic (exact) mass is 520 g/mol. The van der Waals surface area contributed by atoms with Gasteiger partial charge in [-0.1, -0.05) is 12.1 Å². The lowest BCUT2D eigenvalue weighted by Crippen LogP contribution is -2.30. The normalized spacial score (nSPS) is 20.0. The molecule has 3 aromatic rings. The van der Waals surface area contributed by atoms with Crippen molar-refractivity contribution in [2.24, 2.45) is 0 Å². The molecule has 1 amide bonds. The van der Waals surface area contributed by atoms with Crippen molar-refractivity contribution in [2.45, 2.75) is 44.6 Å². The minimum absolute atomic E-state index is 0.0451. The first-order valence-corrected chi connectivity index (χ1v) is 11.1. The number of benzene rings is 1.